The lowest BCUT2D eigenvalue weighted by Crippen LogP contribution is -3.30. The van der Waals surface area contributed by atoms with Crippen molar-refractivity contribution in [2.75, 3.05) is 32.3 Å². The summed E-state index contributed by atoms with van der Waals surface area (Å²) in [6.45, 7) is 0.615. The molecule has 0 aliphatic heterocycles. The first-order valence-electron chi connectivity index (χ1n) is 14.6. The van der Waals surface area contributed by atoms with Crippen molar-refractivity contribution in [3.8, 4) is 11.5 Å². The number of hydrogen-bond donors (Lipinski definition) is 13. The summed E-state index contributed by atoms with van der Waals surface area (Å²) in [6, 6.07) is 5.67. The Morgan fingerprint density at radius 1 is 0.766 bits per heavy atom. The molecular weight excluding hydrogens is 703 g/mol. The van der Waals surface area contributed by atoms with Gasteiger partial charge in [0.2, 0.25) is 0 Å². The van der Waals surface area contributed by atoms with E-state index in [2.05, 4.69) is 0 Å². The molecule has 19 heteroatoms. The van der Waals surface area contributed by atoms with Gasteiger partial charge in [-0.25, -0.2) is 0 Å². The maximum Gasteiger partial charge on any atom is 0.379 e. The lowest BCUT2D eigenvalue weighted by Gasteiger charge is -2.49. The monoisotopic (exact) mass is 751 g/mol. The Balaban J connectivity index is 0.0000106. The van der Waals surface area contributed by atoms with Crippen LogP contribution in [0, 0.1) is 0 Å². The summed E-state index contributed by atoms with van der Waals surface area (Å²) in [7, 11) is -9.81. The summed E-state index contributed by atoms with van der Waals surface area (Å²) in [5, 5.41) is 63.6. The molecule has 6 unspecified atom stereocenters. The van der Waals surface area contributed by atoms with Crippen molar-refractivity contribution in [2.24, 2.45) is 5.73 Å². The summed E-state index contributed by atoms with van der Waals surface area (Å²) in [6.07, 6.45) is -1.13. The number of aromatic hydroxyl groups is 2. The SMILES string of the molecule is CC(c1cccc(CO)c1O)[NH+](CP(=O)(O)O)C(CO)C(CO)(CCCCN)[NH+](CP(=O)(O)O)C(C)c1cccc(CO)c1O.[Cl-].[Cl-]. The van der Waals surface area contributed by atoms with E-state index in [1.165, 1.54) is 43.3 Å². The molecule has 0 aliphatic rings. The van der Waals surface area contributed by atoms with Gasteiger partial charge < -0.3 is 90.6 Å². The van der Waals surface area contributed by atoms with Crippen molar-refractivity contribution in [2.45, 2.75) is 70.0 Å². The van der Waals surface area contributed by atoms with Crippen LogP contribution in [0.5, 0.6) is 11.5 Å². The minimum atomic E-state index is -4.92. The second-order valence-electron chi connectivity index (χ2n) is 11.5. The number of hydrogen-bond acceptors (Lipinski definition) is 9. The molecule has 6 atom stereocenters. The van der Waals surface area contributed by atoms with Crippen LogP contribution in [0.4, 0.5) is 0 Å². The van der Waals surface area contributed by atoms with Crippen LogP contribution in [-0.2, 0) is 22.3 Å². The van der Waals surface area contributed by atoms with Gasteiger partial charge in [0, 0.05) is 17.5 Å². The van der Waals surface area contributed by atoms with Crippen LogP contribution < -0.4 is 40.3 Å². The number of aliphatic hydroxyl groups excluding tert-OH is 4. The van der Waals surface area contributed by atoms with Crippen molar-refractivity contribution in [1.29, 1.82) is 0 Å². The highest BCUT2D eigenvalue weighted by molar-refractivity contribution is 7.51. The Labute approximate surface area is 286 Å². The van der Waals surface area contributed by atoms with E-state index >= 15 is 0 Å². The smallest absolute Gasteiger partial charge is 0.379 e. The minimum absolute atomic E-state index is 0. The molecule has 0 aliphatic carbocycles. The first-order valence-corrected chi connectivity index (χ1v) is 18.2. The fourth-order valence-corrected chi connectivity index (χ4v) is 8.38. The van der Waals surface area contributed by atoms with Gasteiger partial charge in [0.15, 0.2) is 24.2 Å². The molecular formula is C28H49Cl2N3O12P2. The molecule has 0 spiro atoms. The Bertz CT molecular complexity index is 1350. The number of unbranched alkanes of at least 4 members (excludes halogenated alkanes) is 1. The molecule has 15 nitrogen and oxygen atoms in total. The standard InChI is InChI=1S/C28H47N3O12P2.2ClH/c1-19(23-9-5-7-21(13-32)26(23)36)30(17-44(38,39)40)25(15-34)28(16-35,11-3-4-12-29)31(18-45(41,42)43)20(2)24-10-6-8-22(14-33)27(24)37;;/h5-10,19-20,25,32-37H,3-4,11-18,29H2,1-2H3,(H2,38,39,40)(H2,41,42,43);2*1H. The van der Waals surface area contributed by atoms with Gasteiger partial charge in [-0.2, -0.15) is 0 Å². The van der Waals surface area contributed by atoms with Crippen molar-refractivity contribution in [3.63, 3.8) is 0 Å². The van der Waals surface area contributed by atoms with Crippen LogP contribution in [0.25, 0.3) is 0 Å². The van der Waals surface area contributed by atoms with Gasteiger partial charge >= 0.3 is 15.2 Å². The molecule has 0 bridgehead atoms. The maximum atomic E-state index is 12.7. The van der Waals surface area contributed by atoms with Crippen molar-refractivity contribution in [3.05, 3.63) is 58.7 Å². The van der Waals surface area contributed by atoms with Gasteiger partial charge in [-0.3, -0.25) is 9.13 Å². The summed E-state index contributed by atoms with van der Waals surface area (Å²) in [4.78, 5) is 41.0. The zero-order valence-electron chi connectivity index (χ0n) is 26.3. The zero-order chi connectivity index (χ0) is 34.2. The molecule has 272 valence electrons. The number of nitrogens with one attached hydrogen (secondary N) is 2. The van der Waals surface area contributed by atoms with E-state index in [9.17, 15) is 59.3 Å². The van der Waals surface area contributed by atoms with Crippen LogP contribution in [0.15, 0.2) is 36.4 Å². The third-order valence-corrected chi connectivity index (χ3v) is 10.2. The molecule has 0 fully saturated rings. The molecule has 47 heavy (non-hydrogen) atoms. The van der Waals surface area contributed by atoms with E-state index in [1.807, 2.05) is 0 Å². The number of para-hydroxylation sites is 2. The van der Waals surface area contributed by atoms with Crippen molar-refractivity contribution >= 4 is 15.2 Å². The van der Waals surface area contributed by atoms with Gasteiger partial charge in [0.05, 0.1) is 24.3 Å². The van der Waals surface area contributed by atoms with E-state index in [0.29, 0.717) is 6.42 Å². The Morgan fingerprint density at radius 3 is 1.62 bits per heavy atom. The lowest BCUT2D eigenvalue weighted by molar-refractivity contribution is -1.03. The fourth-order valence-electron chi connectivity index (χ4n) is 6.38. The molecule has 0 radical (unpaired) electrons. The highest BCUT2D eigenvalue weighted by Gasteiger charge is 2.57. The molecule has 14 N–H and O–H groups in total. The Morgan fingerprint density at radius 2 is 1.23 bits per heavy atom. The quantitative estimate of drug-likeness (QED) is 0.0470. The zero-order valence-corrected chi connectivity index (χ0v) is 29.6. The van der Waals surface area contributed by atoms with E-state index in [0.717, 1.165) is 0 Å². The maximum absolute atomic E-state index is 12.7. The van der Waals surface area contributed by atoms with Gasteiger partial charge in [0.1, 0.15) is 36.8 Å². The first-order chi connectivity index (χ1) is 21.0. The summed E-state index contributed by atoms with van der Waals surface area (Å²) >= 11 is 0. The van der Waals surface area contributed by atoms with Crippen molar-refractivity contribution < 1.29 is 94.0 Å². The first kappa shape index (κ1) is 45.6. The van der Waals surface area contributed by atoms with Crippen molar-refractivity contribution in [1.82, 2.24) is 0 Å². The minimum Gasteiger partial charge on any atom is -1.00 e. The average Bonchev–Trinajstić information content (AvgIpc) is 2.97. The molecule has 0 amide bonds. The highest BCUT2D eigenvalue weighted by Crippen LogP contribution is 2.37. The average molecular weight is 753 g/mol. The van der Waals surface area contributed by atoms with Gasteiger partial charge in [0.25, 0.3) is 0 Å². The van der Waals surface area contributed by atoms with Gasteiger partial charge in [-0.1, -0.05) is 24.3 Å². The summed E-state index contributed by atoms with van der Waals surface area (Å²) in [5.74, 6) is -0.660. The Hall–Kier alpha value is -1.36. The van der Waals surface area contributed by atoms with E-state index in [4.69, 9.17) is 5.73 Å². The number of aliphatic hydroxyl groups is 4. The summed E-state index contributed by atoms with van der Waals surface area (Å²) in [5.41, 5.74) is 4.66. The number of halogens is 2. The third-order valence-electron chi connectivity index (χ3n) is 8.71. The number of nitrogens with two attached hydrogens (primary N) is 1. The lowest BCUT2D eigenvalue weighted by atomic mass is 9.80. The fraction of sp³-hybridized carbons (Fsp3) is 0.571. The predicted molar refractivity (Wildman–Crippen MR) is 164 cm³/mol. The van der Waals surface area contributed by atoms with Gasteiger partial charge in [-0.15, -0.1) is 0 Å². The third kappa shape index (κ3) is 11.6. The summed E-state index contributed by atoms with van der Waals surface area (Å²) < 4.78 is 25.3. The molecule has 2 rings (SSSR count). The Kier molecular flexibility index (Phi) is 19.2. The second-order valence-corrected chi connectivity index (χ2v) is 14.8. The number of phenols is 2. The molecule has 2 aromatic rings. The largest absolute Gasteiger partial charge is 1.00 e. The number of rotatable bonds is 19. The normalized spacial score (nSPS) is 16.6. The van der Waals surface area contributed by atoms with Crippen LogP contribution in [0.1, 0.15) is 67.4 Å². The molecule has 0 aromatic heterocycles. The predicted octanol–water partition coefficient (Wildman–Crippen LogP) is -7.83. The van der Waals surface area contributed by atoms with Crippen LogP contribution in [-0.4, -0.2) is 94.1 Å². The van der Waals surface area contributed by atoms with Gasteiger partial charge in [-0.05, 0) is 45.4 Å². The van der Waals surface area contributed by atoms with E-state index in [-0.39, 0.29) is 87.8 Å². The number of quaternary nitrogens is 2. The van der Waals surface area contributed by atoms with Crippen LogP contribution in [0.2, 0.25) is 0 Å². The molecule has 0 saturated heterocycles. The molecule has 0 saturated carbocycles. The highest BCUT2D eigenvalue weighted by atomic mass is 35.5. The van der Waals surface area contributed by atoms with E-state index in [1.54, 1.807) is 6.92 Å². The van der Waals surface area contributed by atoms with Crippen LogP contribution >= 0.6 is 15.2 Å². The molecule has 0 heterocycles. The van der Waals surface area contributed by atoms with Crippen LogP contribution in [0.3, 0.4) is 0 Å². The number of benzene rings is 2. The second kappa shape index (κ2) is 19.7. The van der Waals surface area contributed by atoms with E-state index < -0.39 is 77.9 Å². The topological polar surface area (TPSA) is 271 Å². The molecule has 2 aromatic carbocycles.